The van der Waals surface area contributed by atoms with Crippen molar-refractivity contribution in [1.82, 2.24) is 9.78 Å². The Balaban J connectivity index is 1.57. The number of benzene rings is 2. The van der Waals surface area contributed by atoms with E-state index >= 15 is 0 Å². The molecule has 0 unspecified atom stereocenters. The highest BCUT2D eigenvalue weighted by atomic mass is 19.1. The van der Waals surface area contributed by atoms with Crippen LogP contribution in [-0.2, 0) is 27.5 Å². The van der Waals surface area contributed by atoms with Crippen LogP contribution < -0.4 is 0 Å². The van der Waals surface area contributed by atoms with E-state index in [1.807, 2.05) is 30.3 Å². The summed E-state index contributed by atoms with van der Waals surface area (Å²) in [6, 6.07) is 17.5. The quantitative estimate of drug-likeness (QED) is 0.423. The average molecular weight is 422 g/mol. The van der Waals surface area contributed by atoms with Gasteiger partial charge >= 0.3 is 11.9 Å². The third-order valence-electron chi connectivity index (χ3n) is 4.70. The zero-order valence-corrected chi connectivity index (χ0v) is 16.5. The number of halogens is 1. The second-order valence-corrected chi connectivity index (χ2v) is 6.97. The number of nitrogens with zero attached hydrogens (tertiary/aromatic N) is 2. The molecular weight excluding hydrogens is 403 g/mol. The fourth-order valence-corrected chi connectivity index (χ4v) is 3.22. The highest BCUT2D eigenvalue weighted by molar-refractivity contribution is 5.92. The first-order valence-electron chi connectivity index (χ1n) is 9.66. The van der Waals surface area contributed by atoms with Crippen LogP contribution in [-0.4, -0.2) is 26.8 Å². The summed E-state index contributed by atoms with van der Waals surface area (Å²) in [6.45, 7) is 0.352. The summed E-state index contributed by atoms with van der Waals surface area (Å²) >= 11 is 0. The first-order chi connectivity index (χ1) is 15.0. The molecule has 0 saturated heterocycles. The molecule has 31 heavy (non-hydrogen) atoms. The molecule has 0 spiro atoms. The summed E-state index contributed by atoms with van der Waals surface area (Å²) in [5.74, 6) is -1.19. The Hall–Kier alpha value is -3.94. The molecular formula is C23H19FN2O5. The van der Waals surface area contributed by atoms with Crippen LogP contribution in [0, 0.1) is 5.82 Å². The number of hydrogen-bond acceptors (Lipinski definition) is 5. The maximum absolute atomic E-state index is 13.9. The fraction of sp³-hybridized carbons (Fsp3) is 0.174. The Morgan fingerprint density at radius 1 is 1.06 bits per heavy atom. The minimum Gasteiger partial charge on any atom is -0.481 e. The van der Waals surface area contributed by atoms with Crippen molar-refractivity contribution in [2.75, 3.05) is 0 Å². The van der Waals surface area contributed by atoms with E-state index in [2.05, 4.69) is 5.10 Å². The normalized spacial score (nSPS) is 11.0. The Morgan fingerprint density at radius 2 is 1.87 bits per heavy atom. The summed E-state index contributed by atoms with van der Waals surface area (Å²) in [4.78, 5) is 22.1. The lowest BCUT2D eigenvalue weighted by molar-refractivity contribution is -0.149. The number of carboxylic acid groups (broad SMARTS) is 1. The Kier molecular flexibility index (Phi) is 5.79. The minimum absolute atomic E-state index is 0.115. The first-order valence-corrected chi connectivity index (χ1v) is 9.66. The van der Waals surface area contributed by atoms with Crippen LogP contribution in [0.4, 0.5) is 4.39 Å². The van der Waals surface area contributed by atoms with Crippen LogP contribution in [0.3, 0.4) is 0 Å². The number of hydrogen-bond donors (Lipinski definition) is 1. The lowest BCUT2D eigenvalue weighted by Gasteiger charge is -2.03. The molecule has 2 aromatic heterocycles. The van der Waals surface area contributed by atoms with Gasteiger partial charge in [-0.25, -0.2) is 4.39 Å². The van der Waals surface area contributed by atoms with Crippen LogP contribution in [0.15, 0.2) is 65.1 Å². The van der Waals surface area contributed by atoms with Gasteiger partial charge in [-0.2, -0.15) is 5.10 Å². The molecule has 0 atom stereocenters. The van der Waals surface area contributed by atoms with E-state index in [9.17, 15) is 14.0 Å². The van der Waals surface area contributed by atoms with Crippen LogP contribution in [0.1, 0.15) is 24.2 Å². The molecule has 1 N–H and O–H groups in total. The van der Waals surface area contributed by atoms with Crippen molar-refractivity contribution in [3.63, 3.8) is 0 Å². The maximum Gasteiger partial charge on any atom is 0.306 e. The molecule has 4 rings (SSSR count). The smallest absolute Gasteiger partial charge is 0.306 e. The average Bonchev–Trinajstić information content (AvgIpc) is 3.36. The highest BCUT2D eigenvalue weighted by Gasteiger charge is 2.17. The number of rotatable bonds is 8. The highest BCUT2D eigenvalue weighted by Crippen LogP contribution is 2.30. The van der Waals surface area contributed by atoms with E-state index in [0.29, 0.717) is 29.3 Å². The Bertz CT molecular complexity index is 1230. The summed E-state index contributed by atoms with van der Waals surface area (Å²) in [6.07, 6.45) is -0.493. The number of aromatic nitrogens is 2. The Labute approximate surface area is 176 Å². The molecule has 0 saturated carbocycles. The minimum atomic E-state index is -1.06. The van der Waals surface area contributed by atoms with Gasteiger partial charge in [-0.1, -0.05) is 30.3 Å². The van der Waals surface area contributed by atoms with Gasteiger partial charge < -0.3 is 14.3 Å². The molecule has 0 amide bonds. The van der Waals surface area contributed by atoms with E-state index in [0.717, 1.165) is 10.9 Å². The van der Waals surface area contributed by atoms with Crippen molar-refractivity contribution in [2.45, 2.75) is 26.0 Å². The van der Waals surface area contributed by atoms with Crippen LogP contribution in [0.25, 0.3) is 22.4 Å². The monoisotopic (exact) mass is 422 g/mol. The number of ether oxygens (including phenoxy) is 1. The van der Waals surface area contributed by atoms with Crippen molar-refractivity contribution in [2.24, 2.45) is 0 Å². The molecule has 2 heterocycles. The third kappa shape index (κ3) is 4.80. The van der Waals surface area contributed by atoms with E-state index < -0.39 is 11.9 Å². The summed E-state index contributed by atoms with van der Waals surface area (Å²) in [7, 11) is 0. The van der Waals surface area contributed by atoms with Gasteiger partial charge in [-0.15, -0.1) is 0 Å². The van der Waals surface area contributed by atoms with Gasteiger partial charge in [0.2, 0.25) is 0 Å². The summed E-state index contributed by atoms with van der Waals surface area (Å²) in [5, 5.41) is 14.0. The van der Waals surface area contributed by atoms with Crippen molar-refractivity contribution < 1.29 is 28.2 Å². The zero-order valence-electron chi connectivity index (χ0n) is 16.5. The first kappa shape index (κ1) is 20.3. The maximum atomic E-state index is 13.9. The number of carboxylic acids is 1. The van der Waals surface area contributed by atoms with Gasteiger partial charge in [-0.05, 0) is 35.9 Å². The van der Waals surface area contributed by atoms with E-state index in [4.69, 9.17) is 14.3 Å². The number of furan rings is 1. The van der Waals surface area contributed by atoms with Gasteiger partial charge in [0.05, 0.1) is 24.9 Å². The topological polar surface area (TPSA) is 94.6 Å². The predicted octanol–water partition coefficient (Wildman–Crippen LogP) is 4.39. The fourth-order valence-electron chi connectivity index (χ4n) is 3.22. The summed E-state index contributed by atoms with van der Waals surface area (Å²) < 4.78 is 26.5. The molecule has 4 aromatic rings. The van der Waals surface area contributed by atoms with Gasteiger partial charge in [-0.3, -0.25) is 14.3 Å². The standard InChI is InChI=1S/C23H19FN2O5/c24-16-6-8-18-19(12-16)26(13-15-4-2-1-3-5-15)25-23(18)20-9-7-17(31-20)14-30-22(29)11-10-21(27)28/h1-9,12H,10-11,13-14H2,(H,27,28). The number of esters is 1. The van der Waals surface area contributed by atoms with Gasteiger partial charge in [0, 0.05) is 5.39 Å². The molecule has 0 bridgehead atoms. The molecule has 7 nitrogen and oxygen atoms in total. The number of carbonyl (C=O) groups excluding carboxylic acids is 1. The Morgan fingerprint density at radius 3 is 2.65 bits per heavy atom. The molecule has 0 aliphatic heterocycles. The molecule has 2 aromatic carbocycles. The largest absolute Gasteiger partial charge is 0.481 e. The zero-order chi connectivity index (χ0) is 21.8. The lowest BCUT2D eigenvalue weighted by Crippen LogP contribution is -2.07. The van der Waals surface area contributed by atoms with Crippen molar-refractivity contribution >= 4 is 22.8 Å². The van der Waals surface area contributed by atoms with E-state index in [1.165, 1.54) is 12.1 Å². The van der Waals surface area contributed by atoms with Crippen molar-refractivity contribution in [3.8, 4) is 11.5 Å². The molecule has 8 heteroatoms. The molecule has 0 aliphatic carbocycles. The predicted molar refractivity (Wildman–Crippen MR) is 110 cm³/mol. The van der Waals surface area contributed by atoms with E-state index in [-0.39, 0.29) is 25.3 Å². The number of fused-ring (bicyclic) bond motifs is 1. The number of aliphatic carboxylic acids is 1. The molecule has 0 fully saturated rings. The SMILES string of the molecule is O=C(O)CCC(=O)OCc1ccc(-c2nn(Cc3ccccc3)c3cc(F)ccc23)o1. The van der Waals surface area contributed by atoms with Crippen molar-refractivity contribution in [3.05, 3.63) is 77.8 Å². The lowest BCUT2D eigenvalue weighted by atomic mass is 10.1. The van der Waals surface area contributed by atoms with E-state index in [1.54, 1.807) is 22.9 Å². The summed E-state index contributed by atoms with van der Waals surface area (Å²) in [5.41, 5.74) is 2.21. The third-order valence-corrected chi connectivity index (χ3v) is 4.70. The molecule has 0 radical (unpaired) electrons. The van der Waals surface area contributed by atoms with Gasteiger partial charge in [0.15, 0.2) is 5.76 Å². The van der Waals surface area contributed by atoms with Crippen LogP contribution >= 0.6 is 0 Å². The molecule has 158 valence electrons. The van der Waals surface area contributed by atoms with Crippen LogP contribution in [0.2, 0.25) is 0 Å². The van der Waals surface area contributed by atoms with Gasteiger partial charge in [0.1, 0.15) is 23.9 Å². The second-order valence-electron chi connectivity index (χ2n) is 6.97. The van der Waals surface area contributed by atoms with Crippen molar-refractivity contribution in [1.29, 1.82) is 0 Å². The second kappa shape index (κ2) is 8.83. The van der Waals surface area contributed by atoms with Crippen LogP contribution in [0.5, 0.6) is 0 Å². The molecule has 0 aliphatic rings. The number of carbonyl (C=O) groups is 2. The van der Waals surface area contributed by atoms with Gasteiger partial charge in [0.25, 0.3) is 0 Å².